The SMILES string of the molecule is COC1CCC(N2C=C(c3cnc(-c4ncn[nH]4)cc3C)NC3=C2NCC(=O)N3)CC1. The number of H-pyrrole nitrogens is 1. The molecule has 3 aliphatic rings. The lowest BCUT2D eigenvalue weighted by atomic mass is 9.91. The van der Waals surface area contributed by atoms with Gasteiger partial charge in [0.1, 0.15) is 17.8 Å². The van der Waals surface area contributed by atoms with Crippen molar-refractivity contribution in [3.63, 3.8) is 0 Å². The van der Waals surface area contributed by atoms with Gasteiger partial charge in [-0.25, -0.2) is 4.98 Å². The highest BCUT2D eigenvalue weighted by Crippen LogP contribution is 2.32. The van der Waals surface area contributed by atoms with E-state index < -0.39 is 0 Å². The minimum Gasteiger partial charge on any atom is -0.381 e. The summed E-state index contributed by atoms with van der Waals surface area (Å²) in [5, 5.41) is 16.4. The normalized spacial score (nSPS) is 23.5. The van der Waals surface area contributed by atoms with Crippen molar-refractivity contribution >= 4 is 11.6 Å². The van der Waals surface area contributed by atoms with Crippen LogP contribution in [0.15, 0.2) is 36.4 Å². The molecule has 0 radical (unpaired) electrons. The van der Waals surface area contributed by atoms with Crippen molar-refractivity contribution in [1.29, 1.82) is 0 Å². The van der Waals surface area contributed by atoms with E-state index in [4.69, 9.17) is 4.74 Å². The molecule has 0 unspecified atom stereocenters. The standard InChI is InChI=1S/C21H26N8O2/c1-12-7-16(19-24-11-25-28-19)22-8-15(12)17-10-29(13-3-5-14(31-2)6-4-13)21-20(26-17)27-18(30)9-23-21/h7-8,10-11,13-14,23,26H,3-6,9H2,1-2H3,(H,27,30)(H,24,25,28). The van der Waals surface area contributed by atoms with E-state index in [-0.39, 0.29) is 12.5 Å². The number of methoxy groups -OCH3 is 1. The Labute approximate surface area is 180 Å². The summed E-state index contributed by atoms with van der Waals surface area (Å²) in [5.41, 5.74) is 3.63. The molecule has 2 aromatic heterocycles. The largest absolute Gasteiger partial charge is 0.381 e. The van der Waals surface area contributed by atoms with Gasteiger partial charge in [0.2, 0.25) is 5.91 Å². The van der Waals surface area contributed by atoms with Crippen LogP contribution in [-0.2, 0) is 9.53 Å². The Morgan fingerprint density at radius 1 is 1.16 bits per heavy atom. The molecule has 1 fully saturated rings. The lowest BCUT2D eigenvalue weighted by molar-refractivity contribution is -0.120. The highest BCUT2D eigenvalue weighted by atomic mass is 16.5. The van der Waals surface area contributed by atoms with E-state index in [9.17, 15) is 4.79 Å². The van der Waals surface area contributed by atoms with Crippen LogP contribution in [0.3, 0.4) is 0 Å². The predicted molar refractivity (Wildman–Crippen MR) is 114 cm³/mol. The summed E-state index contributed by atoms with van der Waals surface area (Å²) in [7, 11) is 1.78. The Morgan fingerprint density at radius 3 is 2.71 bits per heavy atom. The molecule has 2 aromatic rings. The van der Waals surface area contributed by atoms with Gasteiger partial charge in [-0.3, -0.25) is 14.9 Å². The first-order valence-electron chi connectivity index (χ1n) is 10.5. The van der Waals surface area contributed by atoms with Gasteiger partial charge in [0.25, 0.3) is 0 Å². The van der Waals surface area contributed by atoms with Crippen LogP contribution in [0.5, 0.6) is 0 Å². The first-order chi connectivity index (χ1) is 15.1. The zero-order valence-electron chi connectivity index (χ0n) is 17.6. The molecule has 4 heterocycles. The van der Waals surface area contributed by atoms with Crippen molar-refractivity contribution in [2.75, 3.05) is 13.7 Å². The molecule has 2 aliphatic heterocycles. The molecule has 1 saturated carbocycles. The van der Waals surface area contributed by atoms with Crippen molar-refractivity contribution in [2.45, 2.75) is 44.8 Å². The average molecular weight is 422 g/mol. The molecule has 4 N–H and O–H groups in total. The average Bonchev–Trinajstić information content (AvgIpc) is 3.33. The number of nitrogens with zero attached hydrogens (tertiary/aromatic N) is 4. The molecular formula is C21H26N8O2. The van der Waals surface area contributed by atoms with Gasteiger partial charge in [-0.05, 0) is 44.2 Å². The number of carbonyl (C=O) groups is 1. The third-order valence-electron chi connectivity index (χ3n) is 6.13. The topological polar surface area (TPSA) is 120 Å². The highest BCUT2D eigenvalue weighted by molar-refractivity contribution is 5.82. The summed E-state index contributed by atoms with van der Waals surface area (Å²) in [6.45, 7) is 2.30. The maximum absolute atomic E-state index is 12.0. The van der Waals surface area contributed by atoms with Gasteiger partial charge >= 0.3 is 0 Å². The van der Waals surface area contributed by atoms with E-state index in [1.165, 1.54) is 6.33 Å². The van der Waals surface area contributed by atoms with Crippen LogP contribution in [-0.4, -0.2) is 56.8 Å². The summed E-state index contributed by atoms with van der Waals surface area (Å²) in [6, 6.07) is 2.31. The number of carbonyl (C=O) groups excluding carboxylic acids is 1. The minimum absolute atomic E-state index is 0.0638. The molecule has 10 heteroatoms. The summed E-state index contributed by atoms with van der Waals surface area (Å²) in [4.78, 5) is 23.0. The van der Waals surface area contributed by atoms with Crippen LogP contribution < -0.4 is 16.0 Å². The van der Waals surface area contributed by atoms with Crippen molar-refractivity contribution in [2.24, 2.45) is 0 Å². The van der Waals surface area contributed by atoms with Gasteiger partial charge in [-0.1, -0.05) is 0 Å². The second-order valence-electron chi connectivity index (χ2n) is 8.09. The van der Waals surface area contributed by atoms with Crippen molar-refractivity contribution in [3.05, 3.63) is 47.6 Å². The number of rotatable bonds is 4. The van der Waals surface area contributed by atoms with Crippen LogP contribution in [0.25, 0.3) is 17.2 Å². The molecule has 0 atom stereocenters. The van der Waals surface area contributed by atoms with Crippen LogP contribution in [0.4, 0.5) is 0 Å². The van der Waals surface area contributed by atoms with Gasteiger partial charge in [-0.2, -0.15) is 5.10 Å². The molecule has 1 aliphatic carbocycles. The smallest absolute Gasteiger partial charge is 0.244 e. The zero-order chi connectivity index (χ0) is 21.4. The van der Waals surface area contributed by atoms with Gasteiger partial charge in [-0.15, -0.1) is 0 Å². The first kappa shape index (κ1) is 19.6. The van der Waals surface area contributed by atoms with Crippen LogP contribution in [0, 0.1) is 6.92 Å². The van der Waals surface area contributed by atoms with E-state index in [1.54, 1.807) is 7.11 Å². The van der Waals surface area contributed by atoms with Gasteiger partial charge in [0.05, 0.1) is 18.3 Å². The highest BCUT2D eigenvalue weighted by Gasteiger charge is 2.33. The Morgan fingerprint density at radius 2 is 2.00 bits per heavy atom. The summed E-state index contributed by atoms with van der Waals surface area (Å²) in [6.07, 6.45) is 9.84. The minimum atomic E-state index is -0.0638. The summed E-state index contributed by atoms with van der Waals surface area (Å²) >= 11 is 0. The fraction of sp³-hybridized carbons (Fsp3) is 0.429. The number of aromatic nitrogens is 4. The Bertz CT molecular complexity index is 1040. The Balaban J connectivity index is 1.47. The fourth-order valence-corrected chi connectivity index (χ4v) is 4.46. The van der Waals surface area contributed by atoms with Crippen molar-refractivity contribution in [1.82, 2.24) is 41.0 Å². The molecule has 5 rings (SSSR count). The predicted octanol–water partition coefficient (Wildman–Crippen LogP) is 1.18. The molecule has 31 heavy (non-hydrogen) atoms. The zero-order valence-corrected chi connectivity index (χ0v) is 17.6. The van der Waals surface area contributed by atoms with Crippen molar-refractivity contribution < 1.29 is 9.53 Å². The van der Waals surface area contributed by atoms with Crippen LogP contribution in [0.1, 0.15) is 36.8 Å². The van der Waals surface area contributed by atoms with Crippen LogP contribution >= 0.6 is 0 Å². The summed E-state index contributed by atoms with van der Waals surface area (Å²) in [5.74, 6) is 2.16. The number of ether oxygens (including phenoxy) is 1. The number of hydrogen-bond acceptors (Lipinski definition) is 8. The third kappa shape index (κ3) is 3.74. The van der Waals surface area contributed by atoms with Crippen LogP contribution in [0.2, 0.25) is 0 Å². The quantitative estimate of drug-likeness (QED) is 0.580. The molecule has 10 nitrogen and oxygen atoms in total. The first-order valence-corrected chi connectivity index (χ1v) is 10.5. The fourth-order valence-electron chi connectivity index (χ4n) is 4.46. The van der Waals surface area contributed by atoms with Gasteiger partial charge in [0.15, 0.2) is 11.6 Å². The molecule has 162 valence electrons. The van der Waals surface area contributed by atoms with E-state index in [0.29, 0.717) is 23.8 Å². The molecule has 1 amide bonds. The lowest BCUT2D eigenvalue weighted by Crippen LogP contribution is -2.53. The summed E-state index contributed by atoms with van der Waals surface area (Å²) < 4.78 is 5.54. The second kappa shape index (κ2) is 8.03. The number of amides is 1. The maximum Gasteiger partial charge on any atom is 0.244 e. The molecule has 0 bridgehead atoms. The number of aryl methyl sites for hydroxylation is 1. The van der Waals surface area contributed by atoms with E-state index in [2.05, 4.69) is 47.2 Å². The Kier molecular flexibility index (Phi) is 5.06. The van der Waals surface area contributed by atoms with Crippen molar-refractivity contribution in [3.8, 4) is 11.5 Å². The monoisotopic (exact) mass is 422 g/mol. The third-order valence-corrected chi connectivity index (χ3v) is 6.13. The molecule has 0 spiro atoms. The van der Waals surface area contributed by atoms with E-state index in [0.717, 1.165) is 54.0 Å². The number of aromatic amines is 1. The van der Waals surface area contributed by atoms with E-state index in [1.807, 2.05) is 19.2 Å². The Hall–Kier alpha value is -3.40. The molecular weight excluding hydrogens is 396 g/mol. The number of hydrogen-bond donors (Lipinski definition) is 4. The van der Waals surface area contributed by atoms with E-state index >= 15 is 0 Å². The lowest BCUT2D eigenvalue weighted by Gasteiger charge is -2.42. The molecule has 0 saturated heterocycles. The second-order valence-corrected chi connectivity index (χ2v) is 8.09. The number of nitrogens with one attached hydrogen (secondary N) is 4. The van der Waals surface area contributed by atoms with Gasteiger partial charge in [0, 0.05) is 31.1 Å². The number of pyridine rings is 1. The molecule has 0 aromatic carbocycles. The van der Waals surface area contributed by atoms with Gasteiger partial charge < -0.3 is 25.6 Å². The maximum atomic E-state index is 12.0.